The van der Waals surface area contributed by atoms with Gasteiger partial charge in [0.25, 0.3) is 0 Å². The Morgan fingerprint density at radius 3 is 2.80 bits per heavy atom. The zero-order valence-electron chi connectivity index (χ0n) is 20.1. The smallest absolute Gasteiger partial charge is 0.350 e. The quantitative estimate of drug-likeness (QED) is 0.311. The molecule has 0 aromatic heterocycles. The number of hydrogen-bond donors (Lipinski definition) is 2. The number of hydrogen-bond acceptors (Lipinski definition) is 9. The van der Waals surface area contributed by atoms with Crippen LogP contribution in [0.5, 0.6) is 23.0 Å². The molecule has 35 heavy (non-hydrogen) atoms. The molecule has 2 N–H and O–H groups in total. The van der Waals surface area contributed by atoms with Crippen molar-refractivity contribution < 1.29 is 38.3 Å². The van der Waals surface area contributed by atoms with Crippen LogP contribution in [0.25, 0.3) is 0 Å². The predicted molar refractivity (Wildman–Crippen MR) is 130 cm³/mol. The largest absolute Gasteiger partial charge is 0.489 e. The van der Waals surface area contributed by atoms with Crippen molar-refractivity contribution >= 4 is 17.6 Å². The molecule has 0 bridgehead atoms. The standard InChI is InChI=1S/C25H32ClNO8/c1-4-31-25(29)24-14-33-23-10-17(5-7-22(23)35-24)9-16(2)27-12-18(28)13-32-21-8-6-19(11-20(21)26)34-15-30-3/h5-8,10-11,16,18,24,27-28H,4,9,12-15H2,1-3H3/t16-,18+,24?/m1/s1. The molecule has 0 fully saturated rings. The fourth-order valence-corrected chi connectivity index (χ4v) is 3.64. The van der Waals surface area contributed by atoms with E-state index in [0.29, 0.717) is 47.6 Å². The van der Waals surface area contributed by atoms with Crippen LogP contribution in [0.1, 0.15) is 19.4 Å². The molecule has 9 nitrogen and oxygen atoms in total. The molecule has 0 spiro atoms. The van der Waals surface area contributed by atoms with E-state index in [1.165, 1.54) is 7.11 Å². The number of benzene rings is 2. The number of halogens is 1. The molecule has 2 aromatic carbocycles. The molecule has 1 unspecified atom stereocenters. The highest BCUT2D eigenvalue weighted by atomic mass is 35.5. The van der Waals surface area contributed by atoms with Gasteiger partial charge in [-0.25, -0.2) is 4.79 Å². The molecular weight excluding hydrogens is 478 g/mol. The van der Waals surface area contributed by atoms with Gasteiger partial charge in [0.05, 0.1) is 11.6 Å². The van der Waals surface area contributed by atoms with Crippen molar-refractivity contribution in [2.45, 2.75) is 38.5 Å². The maximum absolute atomic E-state index is 11.9. The normalized spacial score (nSPS) is 16.3. The number of fused-ring (bicyclic) bond motifs is 1. The lowest BCUT2D eigenvalue weighted by molar-refractivity contribution is -0.153. The number of carbonyl (C=O) groups is 1. The molecule has 3 atom stereocenters. The van der Waals surface area contributed by atoms with Crippen LogP contribution in [-0.2, 0) is 20.7 Å². The summed E-state index contributed by atoms with van der Waals surface area (Å²) in [7, 11) is 1.54. The summed E-state index contributed by atoms with van der Waals surface area (Å²) in [5, 5.41) is 14.0. The third-order valence-corrected chi connectivity index (χ3v) is 5.43. The van der Waals surface area contributed by atoms with E-state index in [2.05, 4.69) is 5.32 Å². The number of aliphatic hydroxyl groups is 1. The second-order valence-electron chi connectivity index (χ2n) is 8.07. The molecule has 192 valence electrons. The number of aliphatic hydroxyl groups excluding tert-OH is 1. The van der Waals surface area contributed by atoms with Crippen LogP contribution in [0.4, 0.5) is 0 Å². The summed E-state index contributed by atoms with van der Waals surface area (Å²) in [6, 6.07) is 10.7. The monoisotopic (exact) mass is 509 g/mol. The van der Waals surface area contributed by atoms with Gasteiger partial charge in [0, 0.05) is 25.8 Å². The summed E-state index contributed by atoms with van der Waals surface area (Å²) < 4.78 is 32.2. The molecule has 0 saturated carbocycles. The van der Waals surface area contributed by atoms with Crippen molar-refractivity contribution in [1.82, 2.24) is 5.32 Å². The number of carbonyl (C=O) groups excluding carboxylic acids is 1. The van der Waals surface area contributed by atoms with Crippen molar-refractivity contribution in [2.75, 3.05) is 40.3 Å². The predicted octanol–water partition coefficient (Wildman–Crippen LogP) is 2.99. The fourth-order valence-electron chi connectivity index (χ4n) is 3.42. The minimum absolute atomic E-state index is 0.0836. The van der Waals surface area contributed by atoms with Gasteiger partial charge in [-0.15, -0.1) is 0 Å². The lowest BCUT2D eigenvalue weighted by Crippen LogP contribution is -2.38. The minimum Gasteiger partial charge on any atom is -0.489 e. The lowest BCUT2D eigenvalue weighted by Gasteiger charge is -2.25. The van der Waals surface area contributed by atoms with Crippen LogP contribution in [0.2, 0.25) is 5.02 Å². The second-order valence-corrected chi connectivity index (χ2v) is 8.48. The molecular formula is C25H32ClNO8. The Kier molecular flexibility index (Phi) is 10.3. The Morgan fingerprint density at radius 1 is 1.23 bits per heavy atom. The average molecular weight is 510 g/mol. The van der Waals surface area contributed by atoms with E-state index in [1.807, 2.05) is 19.1 Å². The topological polar surface area (TPSA) is 105 Å². The van der Waals surface area contributed by atoms with Crippen LogP contribution in [0.3, 0.4) is 0 Å². The molecule has 1 heterocycles. The molecule has 10 heteroatoms. The summed E-state index contributed by atoms with van der Waals surface area (Å²) in [5.74, 6) is 1.71. The third kappa shape index (κ3) is 8.17. The van der Waals surface area contributed by atoms with Gasteiger partial charge in [-0.3, -0.25) is 0 Å². The highest BCUT2D eigenvalue weighted by molar-refractivity contribution is 6.32. The van der Waals surface area contributed by atoms with Crippen LogP contribution in [-0.4, -0.2) is 69.6 Å². The Hall–Kier alpha value is -2.72. The number of ether oxygens (including phenoxy) is 6. The second kappa shape index (κ2) is 13.4. The van der Waals surface area contributed by atoms with Crippen molar-refractivity contribution in [2.24, 2.45) is 0 Å². The molecule has 1 aliphatic rings. The van der Waals surface area contributed by atoms with Crippen molar-refractivity contribution in [1.29, 1.82) is 0 Å². The van der Waals surface area contributed by atoms with Gasteiger partial charge in [0.2, 0.25) is 6.10 Å². The number of esters is 1. The zero-order chi connectivity index (χ0) is 25.2. The SMILES string of the molecule is CCOC(=O)C1COc2cc(C[C@@H](C)NC[C@H](O)COc3ccc(OCOC)cc3Cl)ccc2O1. The van der Waals surface area contributed by atoms with Gasteiger partial charge in [-0.1, -0.05) is 17.7 Å². The molecule has 0 amide bonds. The third-order valence-electron chi connectivity index (χ3n) is 5.14. The molecule has 3 rings (SSSR count). The van der Waals surface area contributed by atoms with Gasteiger partial charge in [-0.2, -0.15) is 0 Å². The first-order valence-corrected chi connectivity index (χ1v) is 11.8. The van der Waals surface area contributed by atoms with Gasteiger partial charge >= 0.3 is 5.97 Å². The molecule has 0 radical (unpaired) electrons. The molecule has 2 aromatic rings. The number of methoxy groups -OCH3 is 1. The van der Waals surface area contributed by atoms with Crippen LogP contribution >= 0.6 is 11.6 Å². The molecule has 0 saturated heterocycles. The fraction of sp³-hybridized carbons (Fsp3) is 0.480. The summed E-state index contributed by atoms with van der Waals surface area (Å²) >= 11 is 6.21. The van der Waals surface area contributed by atoms with E-state index in [4.69, 9.17) is 40.0 Å². The van der Waals surface area contributed by atoms with E-state index in [9.17, 15) is 9.90 Å². The zero-order valence-corrected chi connectivity index (χ0v) is 20.9. The summed E-state index contributed by atoms with van der Waals surface area (Å²) in [4.78, 5) is 11.9. The lowest BCUT2D eigenvalue weighted by atomic mass is 10.1. The maximum atomic E-state index is 11.9. The average Bonchev–Trinajstić information content (AvgIpc) is 2.85. The Labute approximate surface area is 210 Å². The van der Waals surface area contributed by atoms with Gasteiger partial charge in [-0.05, 0) is 50.1 Å². The van der Waals surface area contributed by atoms with Gasteiger partial charge in [0.15, 0.2) is 18.3 Å². The first-order valence-electron chi connectivity index (χ1n) is 11.4. The van der Waals surface area contributed by atoms with Gasteiger partial charge < -0.3 is 38.8 Å². The Bertz CT molecular complexity index is 972. The Morgan fingerprint density at radius 2 is 2.06 bits per heavy atom. The summed E-state index contributed by atoms with van der Waals surface area (Å²) in [6.45, 7) is 4.74. The number of nitrogens with one attached hydrogen (secondary N) is 1. The Balaban J connectivity index is 1.41. The van der Waals surface area contributed by atoms with E-state index in [1.54, 1.807) is 31.2 Å². The van der Waals surface area contributed by atoms with E-state index < -0.39 is 18.2 Å². The first-order chi connectivity index (χ1) is 16.9. The van der Waals surface area contributed by atoms with E-state index in [-0.39, 0.29) is 26.0 Å². The number of rotatable bonds is 13. The minimum atomic E-state index is -0.755. The van der Waals surface area contributed by atoms with E-state index >= 15 is 0 Å². The van der Waals surface area contributed by atoms with E-state index in [0.717, 1.165) is 5.56 Å². The summed E-state index contributed by atoms with van der Waals surface area (Å²) in [5.41, 5.74) is 1.04. The summed E-state index contributed by atoms with van der Waals surface area (Å²) in [6.07, 6.45) is -0.771. The van der Waals surface area contributed by atoms with Crippen molar-refractivity contribution in [3.05, 3.63) is 47.0 Å². The molecule has 0 aliphatic carbocycles. The maximum Gasteiger partial charge on any atom is 0.350 e. The highest BCUT2D eigenvalue weighted by Crippen LogP contribution is 2.33. The van der Waals surface area contributed by atoms with Crippen LogP contribution < -0.4 is 24.3 Å². The van der Waals surface area contributed by atoms with Crippen LogP contribution in [0.15, 0.2) is 36.4 Å². The van der Waals surface area contributed by atoms with Crippen molar-refractivity contribution in [3.8, 4) is 23.0 Å². The molecule has 1 aliphatic heterocycles. The van der Waals surface area contributed by atoms with Crippen LogP contribution in [0, 0.1) is 0 Å². The first kappa shape index (κ1) is 26.9. The highest BCUT2D eigenvalue weighted by Gasteiger charge is 2.28. The van der Waals surface area contributed by atoms with Gasteiger partial charge in [0.1, 0.15) is 30.8 Å². The van der Waals surface area contributed by atoms with Crippen molar-refractivity contribution in [3.63, 3.8) is 0 Å².